The quantitative estimate of drug-likeness (QED) is 0.385. The average Bonchev–Trinajstić information content (AvgIpc) is 1.91. The first-order chi connectivity index (χ1) is 4.35. The molecule has 0 atom stereocenters. The van der Waals surface area contributed by atoms with Crippen molar-refractivity contribution in [3.63, 3.8) is 0 Å². The Bertz CT molecular complexity index is 79.1. The van der Waals surface area contributed by atoms with Gasteiger partial charge in [0.2, 0.25) is 0 Å². The molecule has 0 aromatic carbocycles. The third-order valence-corrected chi connectivity index (χ3v) is 1.22. The Labute approximate surface area is 64.0 Å². The van der Waals surface area contributed by atoms with E-state index in [1.165, 1.54) is 0 Å². The van der Waals surface area contributed by atoms with E-state index in [9.17, 15) is 0 Å². The Morgan fingerprint density at radius 1 is 1.44 bits per heavy atom. The summed E-state index contributed by atoms with van der Waals surface area (Å²) in [5, 5.41) is 0.830. The van der Waals surface area contributed by atoms with Crippen LogP contribution in [-0.4, -0.2) is 25.8 Å². The minimum Gasteiger partial charge on any atom is -0.352 e. The number of allylic oxidation sites excluding steroid dienone is 1. The number of methoxy groups -OCH3 is 2. The van der Waals surface area contributed by atoms with Crippen LogP contribution in [0.1, 0.15) is 0 Å². The molecular weight excluding hydrogens is 184 g/mol. The SMILES string of the molecule is COC(/C=C/CBr)OC. The molecule has 0 heterocycles. The molecule has 0 spiro atoms. The predicted octanol–water partition coefficient (Wildman–Crippen LogP) is 1.56. The van der Waals surface area contributed by atoms with Gasteiger partial charge in [0.1, 0.15) is 0 Å². The van der Waals surface area contributed by atoms with Crippen molar-refractivity contribution < 1.29 is 9.47 Å². The number of rotatable bonds is 4. The Morgan fingerprint density at radius 3 is 2.33 bits per heavy atom. The van der Waals surface area contributed by atoms with Crippen molar-refractivity contribution in [3.8, 4) is 0 Å². The molecule has 0 N–H and O–H groups in total. The molecule has 9 heavy (non-hydrogen) atoms. The van der Waals surface area contributed by atoms with Crippen LogP contribution in [-0.2, 0) is 9.47 Å². The second-order valence-corrected chi connectivity index (χ2v) is 2.07. The van der Waals surface area contributed by atoms with Gasteiger partial charge in [-0.15, -0.1) is 0 Å². The fraction of sp³-hybridized carbons (Fsp3) is 0.667. The molecule has 0 aliphatic carbocycles. The first-order valence-electron chi connectivity index (χ1n) is 2.63. The highest BCUT2D eigenvalue weighted by atomic mass is 79.9. The van der Waals surface area contributed by atoms with E-state index in [1.807, 2.05) is 12.2 Å². The average molecular weight is 195 g/mol. The van der Waals surface area contributed by atoms with E-state index in [-0.39, 0.29) is 6.29 Å². The van der Waals surface area contributed by atoms with Gasteiger partial charge in [-0.2, -0.15) is 0 Å². The van der Waals surface area contributed by atoms with E-state index in [1.54, 1.807) is 14.2 Å². The maximum absolute atomic E-state index is 4.87. The van der Waals surface area contributed by atoms with Crippen LogP contribution < -0.4 is 0 Å². The van der Waals surface area contributed by atoms with E-state index in [4.69, 9.17) is 9.47 Å². The number of ether oxygens (including phenoxy) is 2. The van der Waals surface area contributed by atoms with Crippen molar-refractivity contribution >= 4 is 15.9 Å². The normalized spacial score (nSPS) is 11.6. The molecular formula is C6H11BrO2. The van der Waals surface area contributed by atoms with Crippen LogP contribution in [0.3, 0.4) is 0 Å². The molecule has 0 fully saturated rings. The zero-order valence-corrected chi connectivity index (χ0v) is 7.22. The minimum absolute atomic E-state index is 0.206. The zero-order valence-electron chi connectivity index (χ0n) is 5.63. The van der Waals surface area contributed by atoms with Crippen molar-refractivity contribution in [2.24, 2.45) is 0 Å². The molecule has 54 valence electrons. The van der Waals surface area contributed by atoms with Crippen molar-refractivity contribution in [3.05, 3.63) is 12.2 Å². The van der Waals surface area contributed by atoms with Gasteiger partial charge < -0.3 is 9.47 Å². The molecule has 0 aliphatic rings. The summed E-state index contributed by atoms with van der Waals surface area (Å²) in [7, 11) is 3.21. The monoisotopic (exact) mass is 194 g/mol. The molecule has 0 radical (unpaired) electrons. The van der Waals surface area contributed by atoms with Gasteiger partial charge in [-0.3, -0.25) is 0 Å². The molecule has 0 rings (SSSR count). The van der Waals surface area contributed by atoms with Crippen LogP contribution >= 0.6 is 15.9 Å². The van der Waals surface area contributed by atoms with Crippen molar-refractivity contribution in [1.29, 1.82) is 0 Å². The van der Waals surface area contributed by atoms with E-state index < -0.39 is 0 Å². The van der Waals surface area contributed by atoms with Crippen molar-refractivity contribution in [1.82, 2.24) is 0 Å². The Kier molecular flexibility index (Phi) is 6.36. The summed E-state index contributed by atoms with van der Waals surface area (Å²) in [6.45, 7) is 0. The lowest BCUT2D eigenvalue weighted by Crippen LogP contribution is -2.08. The highest BCUT2D eigenvalue weighted by molar-refractivity contribution is 9.09. The summed E-state index contributed by atoms with van der Waals surface area (Å²) < 4.78 is 9.74. The summed E-state index contributed by atoms with van der Waals surface area (Å²) >= 11 is 3.24. The predicted molar refractivity (Wildman–Crippen MR) is 40.7 cm³/mol. The standard InChI is InChI=1S/C6H11BrO2/c1-8-6(9-2)4-3-5-7/h3-4,6H,5H2,1-2H3/b4-3+. The fourth-order valence-corrected chi connectivity index (χ4v) is 0.632. The molecule has 0 saturated heterocycles. The van der Waals surface area contributed by atoms with Crippen LogP contribution in [0.5, 0.6) is 0 Å². The molecule has 0 bridgehead atoms. The maximum atomic E-state index is 4.87. The zero-order chi connectivity index (χ0) is 7.11. The molecule has 2 nitrogen and oxygen atoms in total. The molecule has 0 saturated carbocycles. The van der Waals surface area contributed by atoms with Gasteiger partial charge in [-0.25, -0.2) is 0 Å². The van der Waals surface area contributed by atoms with Gasteiger partial charge >= 0.3 is 0 Å². The largest absolute Gasteiger partial charge is 0.352 e. The van der Waals surface area contributed by atoms with Crippen LogP contribution in [0, 0.1) is 0 Å². The lowest BCUT2D eigenvalue weighted by Gasteiger charge is -2.06. The first-order valence-corrected chi connectivity index (χ1v) is 3.75. The van der Waals surface area contributed by atoms with Gasteiger partial charge in [0.05, 0.1) is 0 Å². The highest BCUT2D eigenvalue weighted by Gasteiger charge is 1.94. The van der Waals surface area contributed by atoms with Gasteiger partial charge in [-0.05, 0) is 6.08 Å². The van der Waals surface area contributed by atoms with Crippen LogP contribution in [0.25, 0.3) is 0 Å². The first kappa shape index (κ1) is 9.14. The van der Waals surface area contributed by atoms with E-state index in [0.717, 1.165) is 5.33 Å². The molecule has 3 heteroatoms. The maximum Gasteiger partial charge on any atom is 0.176 e. The van der Waals surface area contributed by atoms with E-state index >= 15 is 0 Å². The molecule has 0 aromatic rings. The molecule has 0 aliphatic heterocycles. The second-order valence-electron chi connectivity index (χ2n) is 1.42. The molecule has 0 amide bonds. The summed E-state index contributed by atoms with van der Waals surface area (Å²) in [6, 6.07) is 0. The molecule has 0 aromatic heterocycles. The Hall–Kier alpha value is 0.140. The lowest BCUT2D eigenvalue weighted by atomic mass is 10.5. The Morgan fingerprint density at radius 2 is 2.00 bits per heavy atom. The second kappa shape index (κ2) is 6.26. The third-order valence-electron chi connectivity index (χ3n) is 0.847. The lowest BCUT2D eigenvalue weighted by molar-refractivity contribution is -0.0666. The summed E-state index contributed by atoms with van der Waals surface area (Å²) in [5.41, 5.74) is 0. The topological polar surface area (TPSA) is 18.5 Å². The van der Waals surface area contributed by atoms with E-state index in [0.29, 0.717) is 0 Å². The summed E-state index contributed by atoms with van der Waals surface area (Å²) in [5.74, 6) is 0. The van der Waals surface area contributed by atoms with E-state index in [2.05, 4.69) is 15.9 Å². The number of hydrogen-bond acceptors (Lipinski definition) is 2. The number of alkyl halides is 1. The smallest absolute Gasteiger partial charge is 0.176 e. The van der Waals surface area contributed by atoms with Crippen LogP contribution in [0.15, 0.2) is 12.2 Å². The third kappa shape index (κ3) is 4.63. The van der Waals surface area contributed by atoms with Gasteiger partial charge in [0.25, 0.3) is 0 Å². The Balaban J connectivity index is 3.41. The van der Waals surface area contributed by atoms with Gasteiger partial charge in [0, 0.05) is 19.5 Å². The summed E-state index contributed by atoms with van der Waals surface area (Å²) in [4.78, 5) is 0. The summed E-state index contributed by atoms with van der Waals surface area (Å²) in [6.07, 6.45) is 3.56. The van der Waals surface area contributed by atoms with Gasteiger partial charge in [-0.1, -0.05) is 22.0 Å². The fourth-order valence-electron chi connectivity index (χ4n) is 0.416. The highest BCUT2D eigenvalue weighted by Crippen LogP contribution is 1.93. The van der Waals surface area contributed by atoms with Gasteiger partial charge in [0.15, 0.2) is 6.29 Å². The van der Waals surface area contributed by atoms with Crippen molar-refractivity contribution in [2.75, 3.05) is 19.5 Å². The van der Waals surface area contributed by atoms with Crippen molar-refractivity contribution in [2.45, 2.75) is 6.29 Å². The molecule has 0 unspecified atom stereocenters. The number of hydrogen-bond donors (Lipinski definition) is 0. The van der Waals surface area contributed by atoms with Crippen LogP contribution in [0.4, 0.5) is 0 Å². The number of halogens is 1. The van der Waals surface area contributed by atoms with Crippen LogP contribution in [0.2, 0.25) is 0 Å². The minimum atomic E-state index is -0.206.